The largest absolute Gasteiger partial charge is 0.455 e. The standard InChI is InChI=1S/C16H18Cl2O5/c1-10(22-8-12-3-2-6-21-12)16(20)23-9-15(19)11-4-5-13(17)14(18)7-11/h4-5,7,10,12H,2-3,6,8-9H2,1H3. The molecule has 0 spiro atoms. The van der Waals surface area contributed by atoms with Crippen molar-refractivity contribution in [2.24, 2.45) is 0 Å². The smallest absolute Gasteiger partial charge is 0.335 e. The highest BCUT2D eigenvalue weighted by Crippen LogP contribution is 2.22. The predicted molar refractivity (Wildman–Crippen MR) is 86.1 cm³/mol. The normalized spacial score (nSPS) is 18.7. The molecule has 2 rings (SSSR count). The van der Waals surface area contributed by atoms with Gasteiger partial charge in [-0.3, -0.25) is 4.79 Å². The van der Waals surface area contributed by atoms with Gasteiger partial charge in [0.1, 0.15) is 0 Å². The molecular formula is C16H18Cl2O5. The molecule has 1 fully saturated rings. The number of ketones is 1. The molecule has 0 saturated carbocycles. The van der Waals surface area contributed by atoms with Gasteiger partial charge in [0, 0.05) is 12.2 Å². The summed E-state index contributed by atoms with van der Waals surface area (Å²) in [5, 5.41) is 0.633. The number of carbonyl (C=O) groups excluding carboxylic acids is 2. The summed E-state index contributed by atoms with van der Waals surface area (Å²) in [6, 6.07) is 4.49. The van der Waals surface area contributed by atoms with Crippen LogP contribution in [0, 0.1) is 0 Å². The molecule has 1 aliphatic heterocycles. The van der Waals surface area contributed by atoms with Gasteiger partial charge in [-0.25, -0.2) is 4.79 Å². The fourth-order valence-corrected chi connectivity index (χ4v) is 2.40. The van der Waals surface area contributed by atoms with Gasteiger partial charge in [-0.1, -0.05) is 23.2 Å². The first-order valence-electron chi connectivity index (χ1n) is 7.35. The van der Waals surface area contributed by atoms with E-state index in [4.69, 9.17) is 37.4 Å². The van der Waals surface area contributed by atoms with Crippen molar-refractivity contribution in [1.82, 2.24) is 0 Å². The van der Waals surface area contributed by atoms with Crippen LogP contribution in [0.15, 0.2) is 18.2 Å². The third kappa shape index (κ3) is 5.46. The lowest BCUT2D eigenvalue weighted by Gasteiger charge is -2.15. The zero-order valence-electron chi connectivity index (χ0n) is 12.7. The lowest BCUT2D eigenvalue weighted by atomic mass is 10.1. The molecule has 0 radical (unpaired) electrons. The molecular weight excluding hydrogens is 343 g/mol. The molecule has 1 heterocycles. The summed E-state index contributed by atoms with van der Waals surface area (Å²) in [5.41, 5.74) is 0.333. The maximum atomic E-state index is 12.0. The van der Waals surface area contributed by atoms with Crippen molar-refractivity contribution < 1.29 is 23.8 Å². The van der Waals surface area contributed by atoms with Crippen LogP contribution in [0.3, 0.4) is 0 Å². The Morgan fingerprint density at radius 2 is 2.13 bits per heavy atom. The van der Waals surface area contributed by atoms with Gasteiger partial charge in [0.05, 0.1) is 22.8 Å². The molecule has 5 nitrogen and oxygen atoms in total. The number of ether oxygens (including phenoxy) is 3. The number of halogens is 2. The van der Waals surface area contributed by atoms with Crippen LogP contribution in [0.25, 0.3) is 0 Å². The van der Waals surface area contributed by atoms with Crippen molar-refractivity contribution in [3.8, 4) is 0 Å². The highest BCUT2D eigenvalue weighted by molar-refractivity contribution is 6.42. The van der Waals surface area contributed by atoms with Gasteiger partial charge in [-0.2, -0.15) is 0 Å². The SMILES string of the molecule is CC(OCC1CCCO1)C(=O)OCC(=O)c1ccc(Cl)c(Cl)c1. The molecule has 0 aromatic heterocycles. The summed E-state index contributed by atoms with van der Waals surface area (Å²) in [4.78, 5) is 23.8. The Balaban J connectivity index is 1.75. The van der Waals surface area contributed by atoms with Crippen LogP contribution in [-0.2, 0) is 19.0 Å². The Morgan fingerprint density at radius 3 is 2.78 bits per heavy atom. The van der Waals surface area contributed by atoms with E-state index in [0.717, 1.165) is 19.4 Å². The van der Waals surface area contributed by atoms with Crippen LogP contribution >= 0.6 is 23.2 Å². The Bertz CT molecular complexity index is 570. The molecule has 1 aromatic rings. The van der Waals surface area contributed by atoms with Crippen molar-refractivity contribution in [2.75, 3.05) is 19.8 Å². The average Bonchev–Trinajstić information content (AvgIpc) is 3.05. The highest BCUT2D eigenvalue weighted by atomic mass is 35.5. The maximum Gasteiger partial charge on any atom is 0.335 e. The quantitative estimate of drug-likeness (QED) is 0.551. The molecule has 1 saturated heterocycles. The molecule has 7 heteroatoms. The summed E-state index contributed by atoms with van der Waals surface area (Å²) in [6.45, 7) is 2.29. The van der Waals surface area contributed by atoms with Crippen LogP contribution in [0.2, 0.25) is 10.0 Å². The number of esters is 1. The Morgan fingerprint density at radius 1 is 1.35 bits per heavy atom. The van der Waals surface area contributed by atoms with E-state index >= 15 is 0 Å². The fourth-order valence-electron chi connectivity index (χ4n) is 2.10. The number of Topliss-reactive ketones (excluding diaryl/α,β-unsaturated/α-hetero) is 1. The van der Waals surface area contributed by atoms with Gasteiger partial charge in [0.15, 0.2) is 18.5 Å². The first-order valence-corrected chi connectivity index (χ1v) is 8.11. The monoisotopic (exact) mass is 360 g/mol. The lowest BCUT2D eigenvalue weighted by molar-refractivity contribution is -0.156. The highest BCUT2D eigenvalue weighted by Gasteiger charge is 2.21. The maximum absolute atomic E-state index is 12.0. The van der Waals surface area contributed by atoms with E-state index in [-0.39, 0.29) is 23.5 Å². The second-order valence-electron chi connectivity index (χ2n) is 5.27. The molecule has 2 unspecified atom stereocenters. The van der Waals surface area contributed by atoms with E-state index in [9.17, 15) is 9.59 Å². The van der Waals surface area contributed by atoms with E-state index in [1.807, 2.05) is 0 Å². The van der Waals surface area contributed by atoms with E-state index in [2.05, 4.69) is 0 Å². The average molecular weight is 361 g/mol. The molecule has 1 aromatic carbocycles. The number of rotatable bonds is 7. The zero-order valence-corrected chi connectivity index (χ0v) is 14.2. The van der Waals surface area contributed by atoms with Crippen molar-refractivity contribution >= 4 is 35.0 Å². The molecule has 126 valence electrons. The van der Waals surface area contributed by atoms with Crippen LogP contribution in [0.4, 0.5) is 0 Å². The molecule has 23 heavy (non-hydrogen) atoms. The second-order valence-corrected chi connectivity index (χ2v) is 6.08. The van der Waals surface area contributed by atoms with Crippen molar-refractivity contribution in [3.05, 3.63) is 33.8 Å². The Labute approximate surface area is 144 Å². The van der Waals surface area contributed by atoms with Gasteiger partial charge in [0.2, 0.25) is 0 Å². The Hall–Kier alpha value is -1.14. The second kappa shape index (κ2) is 8.64. The summed E-state index contributed by atoms with van der Waals surface area (Å²) >= 11 is 11.6. The molecule has 0 bridgehead atoms. The van der Waals surface area contributed by atoms with Crippen molar-refractivity contribution in [3.63, 3.8) is 0 Å². The fraction of sp³-hybridized carbons (Fsp3) is 0.500. The summed E-state index contributed by atoms with van der Waals surface area (Å²) < 4.78 is 15.8. The first kappa shape index (κ1) is 18.2. The topological polar surface area (TPSA) is 61.8 Å². The van der Waals surface area contributed by atoms with Gasteiger partial charge in [-0.15, -0.1) is 0 Å². The van der Waals surface area contributed by atoms with E-state index in [1.165, 1.54) is 18.2 Å². The number of benzene rings is 1. The summed E-state index contributed by atoms with van der Waals surface area (Å²) in [5.74, 6) is -0.945. The van der Waals surface area contributed by atoms with E-state index in [1.54, 1.807) is 6.92 Å². The van der Waals surface area contributed by atoms with Crippen LogP contribution in [0.1, 0.15) is 30.1 Å². The van der Waals surface area contributed by atoms with E-state index < -0.39 is 12.1 Å². The zero-order chi connectivity index (χ0) is 16.8. The number of carbonyl (C=O) groups is 2. The minimum absolute atomic E-state index is 0.0306. The molecule has 0 N–H and O–H groups in total. The molecule has 0 amide bonds. The van der Waals surface area contributed by atoms with Crippen molar-refractivity contribution in [2.45, 2.75) is 32.0 Å². The molecule has 2 atom stereocenters. The lowest BCUT2D eigenvalue weighted by Crippen LogP contribution is -2.28. The van der Waals surface area contributed by atoms with Crippen LogP contribution in [-0.4, -0.2) is 43.8 Å². The van der Waals surface area contributed by atoms with Gasteiger partial charge < -0.3 is 14.2 Å². The van der Waals surface area contributed by atoms with Gasteiger partial charge in [-0.05, 0) is 38.0 Å². The predicted octanol–water partition coefficient (Wildman–Crippen LogP) is 3.30. The molecule has 1 aliphatic rings. The molecule has 0 aliphatic carbocycles. The third-order valence-electron chi connectivity index (χ3n) is 3.48. The minimum atomic E-state index is -0.749. The first-order chi connectivity index (χ1) is 11.0. The Kier molecular flexibility index (Phi) is 6.84. The van der Waals surface area contributed by atoms with E-state index in [0.29, 0.717) is 17.2 Å². The van der Waals surface area contributed by atoms with Crippen LogP contribution in [0.5, 0.6) is 0 Å². The van der Waals surface area contributed by atoms with Crippen molar-refractivity contribution in [1.29, 1.82) is 0 Å². The third-order valence-corrected chi connectivity index (χ3v) is 4.21. The van der Waals surface area contributed by atoms with Gasteiger partial charge >= 0.3 is 5.97 Å². The number of hydrogen-bond donors (Lipinski definition) is 0. The summed E-state index contributed by atoms with van der Waals surface area (Å²) in [7, 11) is 0. The number of hydrogen-bond acceptors (Lipinski definition) is 5. The summed E-state index contributed by atoms with van der Waals surface area (Å²) in [6.07, 6.45) is 1.21. The van der Waals surface area contributed by atoms with Gasteiger partial charge in [0.25, 0.3) is 0 Å². The minimum Gasteiger partial charge on any atom is -0.455 e. The van der Waals surface area contributed by atoms with Crippen LogP contribution < -0.4 is 0 Å².